The highest BCUT2D eigenvalue weighted by Crippen LogP contribution is 2.30. The molecule has 0 unspecified atom stereocenters. The van der Waals surface area contributed by atoms with Gasteiger partial charge in [0.1, 0.15) is 10.9 Å². The van der Waals surface area contributed by atoms with Gasteiger partial charge in [-0.2, -0.15) is 10.2 Å². The van der Waals surface area contributed by atoms with Gasteiger partial charge >= 0.3 is 0 Å². The lowest BCUT2D eigenvalue weighted by molar-refractivity contribution is 0.433. The van der Waals surface area contributed by atoms with Crippen LogP contribution in [0.2, 0.25) is 0 Å². The Hall–Kier alpha value is -1.97. The molecule has 3 aromatic rings. The summed E-state index contributed by atoms with van der Waals surface area (Å²) < 4.78 is 6.39. The van der Waals surface area contributed by atoms with Crippen molar-refractivity contribution in [3.8, 4) is 28.2 Å². The summed E-state index contributed by atoms with van der Waals surface area (Å²) in [5, 5.41) is 12.9. The molecule has 0 bridgehead atoms. The van der Waals surface area contributed by atoms with Crippen LogP contribution in [0.1, 0.15) is 16.0 Å². The van der Waals surface area contributed by atoms with Gasteiger partial charge in [-0.15, -0.1) is 11.3 Å². The van der Waals surface area contributed by atoms with Gasteiger partial charge < -0.3 is 4.52 Å². The van der Waals surface area contributed by atoms with E-state index in [0.717, 1.165) is 26.0 Å². The van der Waals surface area contributed by atoms with Crippen LogP contribution >= 0.6 is 27.3 Å². The number of benzene rings is 1. The zero-order valence-corrected chi connectivity index (χ0v) is 13.7. The number of aryl methyl sites for hydroxylation is 2. The molecule has 3 rings (SSSR count). The third-order valence-corrected chi connectivity index (χ3v) is 5.28. The van der Waals surface area contributed by atoms with Crippen molar-refractivity contribution in [2.75, 3.05) is 0 Å². The molecule has 0 N–H and O–H groups in total. The Kier molecular flexibility index (Phi) is 3.62. The molecular weight excluding hydrogens is 350 g/mol. The summed E-state index contributed by atoms with van der Waals surface area (Å²) in [4.78, 5) is 5.84. The van der Waals surface area contributed by atoms with Crippen LogP contribution in [-0.4, -0.2) is 10.1 Å². The van der Waals surface area contributed by atoms with Crippen molar-refractivity contribution in [3.05, 3.63) is 44.7 Å². The van der Waals surface area contributed by atoms with Crippen LogP contribution < -0.4 is 0 Å². The van der Waals surface area contributed by atoms with Gasteiger partial charge in [-0.3, -0.25) is 0 Å². The topological polar surface area (TPSA) is 62.7 Å². The molecule has 4 nitrogen and oxygen atoms in total. The van der Waals surface area contributed by atoms with E-state index in [9.17, 15) is 0 Å². The Labute approximate surface area is 134 Å². The van der Waals surface area contributed by atoms with Gasteiger partial charge in [-0.25, -0.2) is 0 Å². The Morgan fingerprint density at radius 1 is 1.24 bits per heavy atom. The van der Waals surface area contributed by atoms with Gasteiger partial charge in [-0.1, -0.05) is 21.1 Å². The molecule has 2 heterocycles. The molecule has 0 amide bonds. The molecule has 0 radical (unpaired) electrons. The van der Waals surface area contributed by atoms with E-state index in [4.69, 9.17) is 9.78 Å². The van der Waals surface area contributed by atoms with Crippen LogP contribution in [0, 0.1) is 25.2 Å². The minimum atomic E-state index is 0.440. The first kappa shape index (κ1) is 14.0. The van der Waals surface area contributed by atoms with E-state index in [1.54, 1.807) is 6.07 Å². The quantitative estimate of drug-likeness (QED) is 0.664. The number of thiophene rings is 1. The molecule has 0 atom stereocenters. The van der Waals surface area contributed by atoms with Gasteiger partial charge in [-0.05, 0) is 49.2 Å². The first-order valence-corrected chi connectivity index (χ1v) is 7.80. The Morgan fingerprint density at radius 3 is 2.57 bits per heavy atom. The van der Waals surface area contributed by atoms with Gasteiger partial charge in [0, 0.05) is 10.0 Å². The molecule has 0 aliphatic carbocycles. The van der Waals surface area contributed by atoms with Crippen molar-refractivity contribution in [3.63, 3.8) is 0 Å². The standard InChI is InChI=1S/C15H10BrN3OS/c1-8-5-10(6-9(2)13(8)16)14-18-15(20-19-14)12-4-3-11(7-17)21-12/h3-6H,1-2H3. The Morgan fingerprint density at radius 2 is 1.95 bits per heavy atom. The zero-order valence-electron chi connectivity index (χ0n) is 11.3. The first-order chi connectivity index (χ1) is 10.1. The molecule has 0 aliphatic heterocycles. The van der Waals surface area contributed by atoms with Crippen LogP contribution in [0.15, 0.2) is 33.3 Å². The van der Waals surface area contributed by atoms with Gasteiger partial charge in [0.2, 0.25) is 5.82 Å². The summed E-state index contributed by atoms with van der Waals surface area (Å²) in [6.45, 7) is 4.06. The highest BCUT2D eigenvalue weighted by Gasteiger charge is 2.14. The smallest absolute Gasteiger partial charge is 0.268 e. The predicted octanol–water partition coefficient (Wildman–Crippen LogP) is 4.72. The van der Waals surface area contributed by atoms with Crippen molar-refractivity contribution in [2.45, 2.75) is 13.8 Å². The average Bonchev–Trinajstić information content (AvgIpc) is 3.12. The summed E-state index contributed by atoms with van der Waals surface area (Å²) in [5.41, 5.74) is 3.17. The fourth-order valence-electron chi connectivity index (χ4n) is 2.03. The number of nitriles is 1. The maximum atomic E-state index is 8.86. The normalized spacial score (nSPS) is 10.6. The summed E-state index contributed by atoms with van der Waals surface area (Å²) >= 11 is 4.88. The van der Waals surface area contributed by atoms with Crippen molar-refractivity contribution < 1.29 is 4.52 Å². The third-order valence-electron chi connectivity index (χ3n) is 3.05. The Bertz CT molecular complexity index is 837. The van der Waals surface area contributed by atoms with E-state index in [1.807, 2.05) is 32.0 Å². The lowest BCUT2D eigenvalue weighted by Crippen LogP contribution is -1.87. The predicted molar refractivity (Wildman–Crippen MR) is 84.9 cm³/mol. The van der Waals surface area contributed by atoms with Crippen LogP contribution in [0.4, 0.5) is 0 Å². The van der Waals surface area contributed by atoms with Crippen molar-refractivity contribution in [2.24, 2.45) is 0 Å². The largest absolute Gasteiger partial charge is 0.333 e. The number of nitrogens with zero attached hydrogens (tertiary/aromatic N) is 3. The first-order valence-electron chi connectivity index (χ1n) is 6.19. The maximum Gasteiger partial charge on any atom is 0.268 e. The minimum Gasteiger partial charge on any atom is -0.333 e. The second kappa shape index (κ2) is 5.43. The number of hydrogen-bond donors (Lipinski definition) is 0. The van der Waals surface area contributed by atoms with E-state index >= 15 is 0 Å². The molecule has 6 heteroatoms. The van der Waals surface area contributed by atoms with Crippen molar-refractivity contribution >= 4 is 27.3 Å². The highest BCUT2D eigenvalue weighted by atomic mass is 79.9. The number of halogens is 1. The van der Waals surface area contributed by atoms with Crippen molar-refractivity contribution in [1.82, 2.24) is 10.1 Å². The highest BCUT2D eigenvalue weighted by molar-refractivity contribution is 9.10. The van der Waals surface area contributed by atoms with Crippen LogP contribution in [-0.2, 0) is 0 Å². The van der Waals surface area contributed by atoms with Crippen LogP contribution in [0.5, 0.6) is 0 Å². The lowest BCUT2D eigenvalue weighted by Gasteiger charge is -2.04. The molecule has 0 saturated heterocycles. The van der Waals surface area contributed by atoms with E-state index in [1.165, 1.54) is 11.3 Å². The number of rotatable bonds is 2. The van der Waals surface area contributed by atoms with Crippen LogP contribution in [0.25, 0.3) is 22.2 Å². The molecule has 104 valence electrons. The molecule has 0 aliphatic rings. The zero-order chi connectivity index (χ0) is 15.0. The molecule has 1 aromatic carbocycles. The minimum absolute atomic E-state index is 0.440. The fraction of sp³-hybridized carbons (Fsp3) is 0.133. The van der Waals surface area contributed by atoms with Gasteiger partial charge in [0.15, 0.2) is 0 Å². The summed E-state index contributed by atoms with van der Waals surface area (Å²) in [5.74, 6) is 0.991. The molecule has 21 heavy (non-hydrogen) atoms. The molecular formula is C15H10BrN3OS. The van der Waals surface area contributed by atoms with Gasteiger partial charge in [0.25, 0.3) is 5.89 Å². The van der Waals surface area contributed by atoms with E-state index in [2.05, 4.69) is 32.1 Å². The monoisotopic (exact) mass is 359 g/mol. The lowest BCUT2D eigenvalue weighted by atomic mass is 10.1. The molecule has 0 fully saturated rings. The SMILES string of the molecule is Cc1cc(-c2noc(-c3ccc(C#N)s3)n2)cc(C)c1Br. The molecule has 0 spiro atoms. The average molecular weight is 360 g/mol. The van der Waals surface area contributed by atoms with E-state index in [0.29, 0.717) is 16.6 Å². The number of hydrogen-bond acceptors (Lipinski definition) is 5. The van der Waals surface area contributed by atoms with Crippen LogP contribution in [0.3, 0.4) is 0 Å². The third kappa shape index (κ3) is 2.62. The van der Waals surface area contributed by atoms with E-state index < -0.39 is 0 Å². The Balaban J connectivity index is 2.00. The summed E-state index contributed by atoms with van der Waals surface area (Å²) in [6, 6.07) is 9.70. The second-order valence-electron chi connectivity index (χ2n) is 4.62. The number of aromatic nitrogens is 2. The fourth-order valence-corrected chi connectivity index (χ4v) is 2.98. The summed E-state index contributed by atoms with van der Waals surface area (Å²) in [7, 11) is 0. The van der Waals surface area contributed by atoms with E-state index in [-0.39, 0.29) is 0 Å². The maximum absolute atomic E-state index is 8.86. The molecule has 2 aromatic heterocycles. The van der Waals surface area contributed by atoms with Gasteiger partial charge in [0.05, 0.1) is 4.88 Å². The van der Waals surface area contributed by atoms with Crippen molar-refractivity contribution in [1.29, 1.82) is 5.26 Å². The summed E-state index contributed by atoms with van der Waals surface area (Å²) in [6.07, 6.45) is 0. The molecule has 0 saturated carbocycles. The second-order valence-corrected chi connectivity index (χ2v) is 6.50.